The van der Waals surface area contributed by atoms with E-state index in [2.05, 4.69) is 5.10 Å². The average Bonchev–Trinajstić information content (AvgIpc) is 3.01. The number of benzene rings is 1. The van der Waals surface area contributed by atoms with Crippen LogP contribution in [0.25, 0.3) is 11.1 Å². The molecule has 5 nitrogen and oxygen atoms in total. The maximum absolute atomic E-state index is 13.0. The van der Waals surface area contributed by atoms with Crippen molar-refractivity contribution >= 4 is 33.0 Å². The van der Waals surface area contributed by atoms with Gasteiger partial charge in [0.1, 0.15) is 10.9 Å². The van der Waals surface area contributed by atoms with Crippen LogP contribution >= 0.6 is 23.2 Å². The first-order valence-corrected chi connectivity index (χ1v) is 11.9. The number of aliphatic hydroxyl groups is 1. The summed E-state index contributed by atoms with van der Waals surface area (Å²) in [6, 6.07) is 5.89. The van der Waals surface area contributed by atoms with Crippen LogP contribution in [0.3, 0.4) is 0 Å². The predicted molar refractivity (Wildman–Crippen MR) is 108 cm³/mol. The quantitative estimate of drug-likeness (QED) is 0.631. The SMILES string of the molecule is CS(=O)(=O)c1ccc(-c2cn(CC(F)(F)F)nc2[C@@H]2CCC(Cl)(Cl)C[C@H]2CO)cc1. The zero-order chi connectivity index (χ0) is 22.3. The summed E-state index contributed by atoms with van der Waals surface area (Å²) in [6.45, 7) is -1.49. The van der Waals surface area contributed by atoms with Gasteiger partial charge in [-0.3, -0.25) is 4.68 Å². The van der Waals surface area contributed by atoms with Gasteiger partial charge in [0.15, 0.2) is 9.84 Å². The van der Waals surface area contributed by atoms with Gasteiger partial charge in [0.05, 0.1) is 10.6 Å². The van der Waals surface area contributed by atoms with Crippen LogP contribution in [0.1, 0.15) is 30.9 Å². The third-order valence-electron chi connectivity index (χ3n) is 5.26. The van der Waals surface area contributed by atoms with Crippen LogP contribution in [0.15, 0.2) is 35.4 Å². The highest BCUT2D eigenvalue weighted by atomic mass is 35.5. The molecule has 0 bridgehead atoms. The molecule has 0 saturated heterocycles. The summed E-state index contributed by atoms with van der Waals surface area (Å²) in [7, 11) is -3.41. The van der Waals surface area contributed by atoms with Gasteiger partial charge in [0.2, 0.25) is 0 Å². The Morgan fingerprint density at radius 3 is 2.43 bits per heavy atom. The zero-order valence-electron chi connectivity index (χ0n) is 16.0. The van der Waals surface area contributed by atoms with Gasteiger partial charge in [-0.25, -0.2) is 8.42 Å². The lowest BCUT2D eigenvalue weighted by Crippen LogP contribution is -2.32. The molecule has 3 rings (SSSR count). The molecule has 0 amide bonds. The van der Waals surface area contributed by atoms with Crippen LogP contribution in [-0.2, 0) is 16.4 Å². The Balaban J connectivity index is 2.05. The molecule has 1 aromatic heterocycles. The molecule has 1 fully saturated rings. The molecule has 166 valence electrons. The van der Waals surface area contributed by atoms with Gasteiger partial charge >= 0.3 is 6.18 Å². The van der Waals surface area contributed by atoms with Crippen molar-refractivity contribution in [2.24, 2.45) is 5.92 Å². The first-order chi connectivity index (χ1) is 13.8. The van der Waals surface area contributed by atoms with Crippen molar-refractivity contribution in [3.05, 3.63) is 36.2 Å². The van der Waals surface area contributed by atoms with Gasteiger partial charge in [-0.1, -0.05) is 12.1 Å². The van der Waals surface area contributed by atoms with Gasteiger partial charge < -0.3 is 5.11 Å². The van der Waals surface area contributed by atoms with Crippen LogP contribution in [-0.4, -0.2) is 46.7 Å². The number of hydrogen-bond acceptors (Lipinski definition) is 4. The van der Waals surface area contributed by atoms with E-state index >= 15 is 0 Å². The Kier molecular flexibility index (Phi) is 6.49. The molecule has 2 atom stereocenters. The summed E-state index contributed by atoms with van der Waals surface area (Å²) >= 11 is 12.5. The lowest BCUT2D eigenvalue weighted by molar-refractivity contribution is -0.142. The van der Waals surface area contributed by atoms with Gasteiger partial charge in [-0.15, -0.1) is 23.2 Å². The molecule has 0 radical (unpaired) electrons. The van der Waals surface area contributed by atoms with E-state index in [0.29, 0.717) is 29.7 Å². The Labute approximate surface area is 182 Å². The second-order valence-corrected chi connectivity index (χ2v) is 11.3. The first-order valence-electron chi connectivity index (χ1n) is 9.22. The Bertz CT molecular complexity index is 1010. The predicted octanol–water partition coefficient (Wildman–Crippen LogP) is 4.57. The molecule has 30 heavy (non-hydrogen) atoms. The normalized spacial score (nSPS) is 22.2. The molecule has 0 aliphatic heterocycles. The van der Waals surface area contributed by atoms with Crippen molar-refractivity contribution in [2.75, 3.05) is 12.9 Å². The summed E-state index contributed by atoms with van der Waals surface area (Å²) in [6.07, 6.45) is -0.921. The molecule has 11 heteroatoms. The highest BCUT2D eigenvalue weighted by Crippen LogP contribution is 2.48. The Morgan fingerprint density at radius 2 is 1.90 bits per heavy atom. The van der Waals surface area contributed by atoms with Crippen LogP contribution in [0.2, 0.25) is 0 Å². The third-order valence-corrected chi connectivity index (χ3v) is 7.08. The maximum atomic E-state index is 13.0. The summed E-state index contributed by atoms with van der Waals surface area (Å²) in [5.41, 5.74) is 1.41. The monoisotopic (exact) mass is 484 g/mol. The molecule has 2 aromatic rings. The van der Waals surface area contributed by atoms with E-state index < -0.39 is 26.9 Å². The molecule has 1 N–H and O–H groups in total. The van der Waals surface area contributed by atoms with E-state index in [4.69, 9.17) is 23.2 Å². The Morgan fingerprint density at radius 1 is 1.27 bits per heavy atom. The van der Waals surface area contributed by atoms with Gasteiger partial charge in [0.25, 0.3) is 0 Å². The van der Waals surface area contributed by atoms with E-state index in [1.165, 1.54) is 18.3 Å². The van der Waals surface area contributed by atoms with Crippen LogP contribution < -0.4 is 0 Å². The number of rotatable bonds is 5. The van der Waals surface area contributed by atoms with Gasteiger partial charge in [0, 0.05) is 30.5 Å². The van der Waals surface area contributed by atoms with E-state index in [-0.39, 0.29) is 29.8 Å². The standard InChI is InChI=1S/C19H21Cl2F3N2O3S/c1-30(28,29)14-4-2-12(3-5-14)16-9-26(11-19(22,23)24)25-17(16)15-6-7-18(20,21)8-13(15)10-27/h2-5,9,13,15,27H,6-8,10-11H2,1H3/t13-,15+/m0/s1. The van der Waals surface area contributed by atoms with E-state index in [1.54, 1.807) is 12.1 Å². The molecular formula is C19H21Cl2F3N2O3S. The van der Waals surface area contributed by atoms with Crippen molar-refractivity contribution in [2.45, 2.75) is 47.1 Å². The molecule has 1 saturated carbocycles. The second-order valence-electron chi connectivity index (χ2n) is 7.69. The topological polar surface area (TPSA) is 72.2 Å². The van der Waals surface area contributed by atoms with Crippen LogP contribution in [0.4, 0.5) is 13.2 Å². The smallest absolute Gasteiger partial charge is 0.396 e. The first kappa shape index (κ1) is 23.4. The lowest BCUT2D eigenvalue weighted by atomic mass is 9.76. The van der Waals surface area contributed by atoms with Crippen LogP contribution in [0.5, 0.6) is 0 Å². The number of aliphatic hydroxyl groups excluding tert-OH is 1. The lowest BCUT2D eigenvalue weighted by Gasteiger charge is -2.36. The van der Waals surface area contributed by atoms with E-state index in [0.717, 1.165) is 10.9 Å². The van der Waals surface area contributed by atoms with Crippen molar-refractivity contribution in [1.82, 2.24) is 9.78 Å². The fourth-order valence-electron chi connectivity index (χ4n) is 3.86. The highest BCUT2D eigenvalue weighted by Gasteiger charge is 2.41. The molecule has 1 heterocycles. The van der Waals surface area contributed by atoms with E-state index in [1.807, 2.05) is 0 Å². The summed E-state index contributed by atoms with van der Waals surface area (Å²) in [5, 5.41) is 14.0. The zero-order valence-corrected chi connectivity index (χ0v) is 18.4. The minimum absolute atomic E-state index is 0.107. The fourth-order valence-corrected chi connectivity index (χ4v) is 5.11. The summed E-state index contributed by atoms with van der Waals surface area (Å²) in [5.74, 6) is -0.697. The molecule has 1 aliphatic rings. The molecule has 1 aromatic carbocycles. The van der Waals surface area contributed by atoms with Crippen LogP contribution in [0, 0.1) is 5.92 Å². The molecule has 0 unspecified atom stereocenters. The minimum Gasteiger partial charge on any atom is -0.396 e. The van der Waals surface area contributed by atoms with Crippen molar-refractivity contribution < 1.29 is 26.7 Å². The largest absolute Gasteiger partial charge is 0.408 e. The second kappa shape index (κ2) is 8.33. The molecule has 1 aliphatic carbocycles. The minimum atomic E-state index is -4.45. The van der Waals surface area contributed by atoms with Crippen molar-refractivity contribution in [1.29, 1.82) is 0 Å². The van der Waals surface area contributed by atoms with E-state index in [9.17, 15) is 26.7 Å². The fraction of sp³-hybridized carbons (Fsp3) is 0.526. The average molecular weight is 485 g/mol. The molecular weight excluding hydrogens is 464 g/mol. The summed E-state index contributed by atoms with van der Waals surface area (Å²) in [4.78, 5) is 0.107. The highest BCUT2D eigenvalue weighted by molar-refractivity contribution is 7.90. The molecule has 0 spiro atoms. The third kappa shape index (κ3) is 5.49. The summed E-state index contributed by atoms with van der Waals surface area (Å²) < 4.78 is 62.1. The maximum Gasteiger partial charge on any atom is 0.408 e. The van der Waals surface area contributed by atoms with Gasteiger partial charge in [-0.05, 0) is 42.9 Å². The number of nitrogens with zero attached hydrogens (tertiary/aromatic N) is 2. The Hall–Kier alpha value is -1.29. The van der Waals surface area contributed by atoms with Crippen molar-refractivity contribution in [3.63, 3.8) is 0 Å². The van der Waals surface area contributed by atoms with Gasteiger partial charge in [-0.2, -0.15) is 18.3 Å². The number of alkyl halides is 5. The number of hydrogen-bond donors (Lipinski definition) is 1. The number of halogens is 5. The number of sulfone groups is 1. The van der Waals surface area contributed by atoms with Crippen molar-refractivity contribution in [3.8, 4) is 11.1 Å². The number of aromatic nitrogens is 2.